The molecule has 1 heterocycles. The van der Waals surface area contributed by atoms with Gasteiger partial charge in [0.15, 0.2) is 0 Å². The summed E-state index contributed by atoms with van der Waals surface area (Å²) in [6.07, 6.45) is -3.64. The number of amides is 1. The summed E-state index contributed by atoms with van der Waals surface area (Å²) in [5.41, 5.74) is -0.421. The number of piperidine rings is 1. The molecule has 1 fully saturated rings. The van der Waals surface area contributed by atoms with Crippen molar-refractivity contribution in [1.29, 1.82) is 0 Å². The Kier molecular flexibility index (Phi) is 5.05. The van der Waals surface area contributed by atoms with Gasteiger partial charge in [-0.05, 0) is 37.5 Å². The van der Waals surface area contributed by atoms with E-state index in [0.29, 0.717) is 24.9 Å². The van der Waals surface area contributed by atoms with Crippen LogP contribution in [0.3, 0.4) is 0 Å². The van der Waals surface area contributed by atoms with Crippen LogP contribution < -0.4 is 4.74 Å². The summed E-state index contributed by atoms with van der Waals surface area (Å²) in [5, 5.41) is 9.27. The van der Waals surface area contributed by atoms with Gasteiger partial charge < -0.3 is 14.7 Å². The maximum absolute atomic E-state index is 12.3. The van der Waals surface area contributed by atoms with Gasteiger partial charge in [-0.2, -0.15) is 0 Å². The Hall–Kier alpha value is -2.25. The number of ether oxygens (including phenoxy) is 1. The Balaban J connectivity index is 1.98. The summed E-state index contributed by atoms with van der Waals surface area (Å²) in [6, 6.07) is 5.07. The fourth-order valence-electron chi connectivity index (χ4n) is 2.72. The highest BCUT2D eigenvalue weighted by Gasteiger charge is 2.39. The van der Waals surface area contributed by atoms with Crippen molar-refractivity contribution in [2.75, 3.05) is 13.1 Å². The monoisotopic (exact) mass is 345 g/mol. The third kappa shape index (κ3) is 4.62. The standard InChI is InChI=1S/C16H18F3NO4/c1-15(14(22)23)7-2-8-20(10-15)13(21)9-11-3-5-12(6-4-11)24-16(17,18)19/h3-6H,2,7-10H2,1H3,(H,22,23). The smallest absolute Gasteiger partial charge is 0.481 e. The number of hydrogen-bond acceptors (Lipinski definition) is 3. The van der Waals surface area contributed by atoms with Crippen LogP contribution >= 0.6 is 0 Å². The number of aliphatic carboxylic acids is 1. The van der Waals surface area contributed by atoms with Gasteiger partial charge in [-0.1, -0.05) is 12.1 Å². The molecule has 0 radical (unpaired) electrons. The molecule has 1 aromatic rings. The fraction of sp³-hybridized carbons (Fsp3) is 0.500. The number of carbonyl (C=O) groups is 2. The number of carbonyl (C=O) groups excluding carboxylic acids is 1. The van der Waals surface area contributed by atoms with Crippen molar-refractivity contribution in [3.8, 4) is 5.75 Å². The summed E-state index contributed by atoms with van der Waals surface area (Å²) in [6.45, 7) is 2.23. The molecule has 8 heteroatoms. The number of likely N-dealkylation sites (tertiary alicyclic amines) is 1. The summed E-state index contributed by atoms with van der Waals surface area (Å²) < 4.78 is 40.1. The van der Waals surface area contributed by atoms with E-state index < -0.39 is 17.7 Å². The third-order valence-electron chi connectivity index (χ3n) is 4.08. The van der Waals surface area contributed by atoms with Crippen molar-refractivity contribution in [2.45, 2.75) is 32.5 Å². The minimum absolute atomic E-state index is 0.00198. The number of halogens is 3. The van der Waals surface area contributed by atoms with E-state index in [1.807, 2.05) is 0 Å². The number of hydrogen-bond donors (Lipinski definition) is 1. The molecule has 0 aliphatic carbocycles. The SMILES string of the molecule is CC1(C(=O)O)CCCN(C(=O)Cc2ccc(OC(F)(F)F)cc2)C1. The Labute approximate surface area is 137 Å². The first-order valence-electron chi connectivity index (χ1n) is 7.45. The van der Waals surface area contributed by atoms with Crippen LogP contribution in [0.25, 0.3) is 0 Å². The molecule has 2 rings (SSSR count). The molecule has 0 aromatic heterocycles. The first kappa shape index (κ1) is 18.1. The van der Waals surface area contributed by atoms with Crippen LogP contribution in [0.5, 0.6) is 5.75 Å². The zero-order chi connectivity index (χ0) is 18.0. The first-order chi connectivity index (χ1) is 11.1. The average molecular weight is 345 g/mol. The van der Waals surface area contributed by atoms with E-state index in [0.717, 1.165) is 12.1 Å². The van der Waals surface area contributed by atoms with Crippen LogP contribution in [0, 0.1) is 5.41 Å². The van der Waals surface area contributed by atoms with Gasteiger partial charge in [-0.3, -0.25) is 9.59 Å². The molecule has 0 bridgehead atoms. The highest BCUT2D eigenvalue weighted by atomic mass is 19.4. The van der Waals surface area contributed by atoms with Gasteiger partial charge in [-0.15, -0.1) is 13.2 Å². The van der Waals surface area contributed by atoms with Crippen molar-refractivity contribution >= 4 is 11.9 Å². The largest absolute Gasteiger partial charge is 0.573 e. The molecule has 24 heavy (non-hydrogen) atoms. The Bertz CT molecular complexity index is 615. The van der Waals surface area contributed by atoms with Crippen molar-refractivity contribution in [3.63, 3.8) is 0 Å². The molecule has 1 saturated heterocycles. The van der Waals surface area contributed by atoms with Gasteiger partial charge >= 0.3 is 12.3 Å². The van der Waals surface area contributed by atoms with Crippen molar-refractivity contribution in [2.24, 2.45) is 5.41 Å². The molecule has 1 aliphatic rings. The zero-order valence-corrected chi connectivity index (χ0v) is 13.1. The number of carboxylic acid groups (broad SMARTS) is 1. The number of alkyl halides is 3. The predicted octanol–water partition coefficient (Wildman–Crippen LogP) is 2.84. The van der Waals surface area contributed by atoms with Crippen LogP contribution in [-0.4, -0.2) is 41.3 Å². The normalized spacial score (nSPS) is 21.4. The van der Waals surface area contributed by atoms with E-state index in [4.69, 9.17) is 0 Å². The van der Waals surface area contributed by atoms with Gasteiger partial charge in [0.2, 0.25) is 5.91 Å². The molecule has 1 amide bonds. The molecule has 5 nitrogen and oxygen atoms in total. The molecular formula is C16H18F3NO4. The molecule has 0 spiro atoms. The lowest BCUT2D eigenvalue weighted by Gasteiger charge is -2.37. The van der Waals surface area contributed by atoms with E-state index >= 15 is 0 Å². The summed E-state index contributed by atoms with van der Waals surface area (Å²) in [7, 11) is 0. The van der Waals surface area contributed by atoms with Crippen molar-refractivity contribution in [3.05, 3.63) is 29.8 Å². The third-order valence-corrected chi connectivity index (χ3v) is 4.08. The lowest BCUT2D eigenvalue weighted by molar-refractivity contribution is -0.274. The van der Waals surface area contributed by atoms with E-state index in [2.05, 4.69) is 4.74 Å². The predicted molar refractivity (Wildman–Crippen MR) is 78.4 cm³/mol. The van der Waals surface area contributed by atoms with Crippen molar-refractivity contribution < 1.29 is 32.6 Å². The highest BCUT2D eigenvalue weighted by molar-refractivity contribution is 5.81. The minimum Gasteiger partial charge on any atom is -0.481 e. The summed E-state index contributed by atoms with van der Waals surface area (Å²) >= 11 is 0. The van der Waals surface area contributed by atoms with Gasteiger partial charge in [0, 0.05) is 13.1 Å². The topological polar surface area (TPSA) is 66.8 Å². The van der Waals surface area contributed by atoms with Gasteiger partial charge in [0.1, 0.15) is 5.75 Å². The minimum atomic E-state index is -4.76. The summed E-state index contributed by atoms with van der Waals surface area (Å²) in [4.78, 5) is 25.1. The number of rotatable bonds is 4. The van der Waals surface area contributed by atoms with Gasteiger partial charge in [0.05, 0.1) is 11.8 Å². The Morgan fingerprint density at radius 1 is 1.29 bits per heavy atom. The second-order valence-electron chi connectivity index (χ2n) is 6.15. The lowest BCUT2D eigenvalue weighted by atomic mass is 9.82. The maximum Gasteiger partial charge on any atom is 0.573 e. The van der Waals surface area contributed by atoms with E-state index in [1.165, 1.54) is 17.0 Å². The Morgan fingerprint density at radius 3 is 2.46 bits per heavy atom. The lowest BCUT2D eigenvalue weighted by Crippen LogP contribution is -2.48. The van der Waals surface area contributed by atoms with Gasteiger partial charge in [0.25, 0.3) is 0 Å². The molecule has 1 unspecified atom stereocenters. The van der Waals surface area contributed by atoms with E-state index in [1.54, 1.807) is 6.92 Å². The van der Waals surface area contributed by atoms with Gasteiger partial charge in [-0.25, -0.2) is 0 Å². The van der Waals surface area contributed by atoms with Crippen LogP contribution in [0.4, 0.5) is 13.2 Å². The first-order valence-corrected chi connectivity index (χ1v) is 7.45. The van der Waals surface area contributed by atoms with Crippen LogP contribution in [-0.2, 0) is 16.0 Å². The van der Waals surface area contributed by atoms with Crippen LogP contribution in [0.1, 0.15) is 25.3 Å². The second kappa shape index (κ2) is 6.70. The fourth-order valence-corrected chi connectivity index (χ4v) is 2.72. The maximum atomic E-state index is 12.3. The Morgan fingerprint density at radius 2 is 1.92 bits per heavy atom. The zero-order valence-electron chi connectivity index (χ0n) is 13.1. The number of nitrogens with zero attached hydrogens (tertiary/aromatic N) is 1. The molecule has 1 aliphatic heterocycles. The van der Waals surface area contributed by atoms with E-state index in [9.17, 15) is 27.9 Å². The molecule has 0 saturated carbocycles. The van der Waals surface area contributed by atoms with Crippen LogP contribution in [0.15, 0.2) is 24.3 Å². The average Bonchev–Trinajstić information content (AvgIpc) is 2.47. The molecule has 1 aromatic carbocycles. The molecule has 1 atom stereocenters. The number of carboxylic acids is 1. The highest BCUT2D eigenvalue weighted by Crippen LogP contribution is 2.30. The van der Waals surface area contributed by atoms with E-state index in [-0.39, 0.29) is 24.6 Å². The quantitative estimate of drug-likeness (QED) is 0.911. The van der Waals surface area contributed by atoms with Crippen LogP contribution in [0.2, 0.25) is 0 Å². The molecular weight excluding hydrogens is 327 g/mol. The second-order valence-corrected chi connectivity index (χ2v) is 6.15. The summed E-state index contributed by atoms with van der Waals surface area (Å²) in [5.74, 6) is -1.53. The molecule has 132 valence electrons. The molecule has 1 N–H and O–H groups in total. The van der Waals surface area contributed by atoms with Crippen molar-refractivity contribution in [1.82, 2.24) is 4.90 Å². The number of benzene rings is 1.